The van der Waals surface area contributed by atoms with Gasteiger partial charge in [-0.2, -0.15) is 4.98 Å². The molecular formula is C26H30N6O2. The standard InChI is InChI=1S/C26H30N6O2/c1-18-8-10-19(11-9-18)16-29-25(34)21-6-4-14-32(17-21)23-12-13-28-26(31-23)30-22-7-3-5-20(15-22)24(33)27-2/h3,5,7-13,15,21H,4,6,14,16-17H2,1-2H3,(H,27,33)(H,29,34)(H,28,30,31)/t21-/m0/s1. The van der Waals surface area contributed by atoms with Gasteiger partial charge in [-0.1, -0.05) is 35.9 Å². The molecule has 1 fully saturated rings. The number of benzene rings is 2. The highest BCUT2D eigenvalue weighted by atomic mass is 16.2. The van der Waals surface area contributed by atoms with Gasteiger partial charge in [0.1, 0.15) is 5.82 Å². The number of nitrogens with zero attached hydrogens (tertiary/aromatic N) is 3. The summed E-state index contributed by atoms with van der Waals surface area (Å²) in [4.78, 5) is 35.8. The van der Waals surface area contributed by atoms with E-state index in [9.17, 15) is 9.59 Å². The van der Waals surface area contributed by atoms with Crippen molar-refractivity contribution < 1.29 is 9.59 Å². The van der Waals surface area contributed by atoms with Crippen LogP contribution in [0.3, 0.4) is 0 Å². The summed E-state index contributed by atoms with van der Waals surface area (Å²) in [5.74, 6) is 1.05. The third kappa shape index (κ3) is 5.89. The molecule has 2 amide bonds. The van der Waals surface area contributed by atoms with E-state index in [0.29, 0.717) is 24.6 Å². The first-order valence-corrected chi connectivity index (χ1v) is 11.5. The van der Waals surface area contributed by atoms with Crippen molar-refractivity contribution >= 4 is 29.3 Å². The largest absolute Gasteiger partial charge is 0.356 e. The van der Waals surface area contributed by atoms with Crippen LogP contribution in [0.2, 0.25) is 0 Å². The lowest BCUT2D eigenvalue weighted by atomic mass is 9.97. The van der Waals surface area contributed by atoms with Crippen LogP contribution in [0.4, 0.5) is 17.5 Å². The molecule has 3 aromatic rings. The first-order valence-electron chi connectivity index (χ1n) is 11.5. The number of aryl methyl sites for hydroxylation is 1. The fourth-order valence-corrected chi connectivity index (χ4v) is 4.04. The Morgan fingerprint density at radius 2 is 1.94 bits per heavy atom. The maximum absolute atomic E-state index is 12.8. The van der Waals surface area contributed by atoms with E-state index in [1.807, 2.05) is 24.3 Å². The van der Waals surface area contributed by atoms with E-state index < -0.39 is 0 Å². The van der Waals surface area contributed by atoms with Crippen molar-refractivity contribution in [3.05, 3.63) is 77.5 Å². The Hall–Kier alpha value is -3.94. The first-order chi connectivity index (χ1) is 16.5. The van der Waals surface area contributed by atoms with Gasteiger partial charge in [-0.25, -0.2) is 4.98 Å². The number of carbonyl (C=O) groups is 2. The second-order valence-electron chi connectivity index (χ2n) is 8.51. The number of hydrogen-bond donors (Lipinski definition) is 3. The lowest BCUT2D eigenvalue weighted by Gasteiger charge is -2.33. The summed E-state index contributed by atoms with van der Waals surface area (Å²) in [6.45, 7) is 4.04. The summed E-state index contributed by atoms with van der Waals surface area (Å²) >= 11 is 0. The average Bonchev–Trinajstić information content (AvgIpc) is 2.88. The highest BCUT2D eigenvalue weighted by molar-refractivity contribution is 5.95. The Morgan fingerprint density at radius 3 is 2.74 bits per heavy atom. The number of rotatable bonds is 7. The fourth-order valence-electron chi connectivity index (χ4n) is 4.04. The smallest absolute Gasteiger partial charge is 0.251 e. The molecule has 2 aromatic carbocycles. The maximum atomic E-state index is 12.8. The Labute approximate surface area is 199 Å². The molecule has 1 aliphatic heterocycles. The Balaban J connectivity index is 1.38. The Bertz CT molecular complexity index is 1150. The zero-order chi connectivity index (χ0) is 23.9. The van der Waals surface area contributed by atoms with Crippen molar-refractivity contribution in [3.63, 3.8) is 0 Å². The zero-order valence-electron chi connectivity index (χ0n) is 19.5. The third-order valence-corrected chi connectivity index (χ3v) is 5.95. The average molecular weight is 459 g/mol. The molecule has 2 heterocycles. The quantitative estimate of drug-likeness (QED) is 0.502. The van der Waals surface area contributed by atoms with E-state index >= 15 is 0 Å². The molecule has 0 aliphatic carbocycles. The Kier molecular flexibility index (Phi) is 7.37. The zero-order valence-corrected chi connectivity index (χ0v) is 19.5. The second-order valence-corrected chi connectivity index (χ2v) is 8.51. The third-order valence-electron chi connectivity index (χ3n) is 5.95. The van der Waals surface area contributed by atoms with Crippen molar-refractivity contribution in [3.8, 4) is 0 Å². The topological polar surface area (TPSA) is 99.3 Å². The van der Waals surface area contributed by atoms with E-state index in [1.165, 1.54) is 5.56 Å². The van der Waals surface area contributed by atoms with Crippen LogP contribution in [-0.2, 0) is 11.3 Å². The van der Waals surface area contributed by atoms with Gasteiger partial charge in [0.05, 0.1) is 5.92 Å². The summed E-state index contributed by atoms with van der Waals surface area (Å²) in [6, 6.07) is 17.2. The maximum Gasteiger partial charge on any atom is 0.251 e. The van der Waals surface area contributed by atoms with Crippen molar-refractivity contribution in [1.29, 1.82) is 0 Å². The number of carbonyl (C=O) groups excluding carboxylic acids is 2. The summed E-state index contributed by atoms with van der Waals surface area (Å²) < 4.78 is 0. The van der Waals surface area contributed by atoms with Crippen LogP contribution in [0.15, 0.2) is 60.8 Å². The number of aromatic nitrogens is 2. The van der Waals surface area contributed by atoms with E-state index in [-0.39, 0.29) is 17.7 Å². The molecule has 0 bridgehead atoms. The molecule has 8 heteroatoms. The first kappa shape index (κ1) is 23.2. The highest BCUT2D eigenvalue weighted by Gasteiger charge is 2.26. The molecule has 1 aliphatic rings. The molecule has 8 nitrogen and oxygen atoms in total. The summed E-state index contributed by atoms with van der Waals surface area (Å²) in [6.07, 6.45) is 3.48. The van der Waals surface area contributed by atoms with Gasteiger partial charge in [-0.05, 0) is 49.6 Å². The molecule has 176 valence electrons. The molecule has 4 rings (SSSR count). The molecule has 0 radical (unpaired) electrons. The van der Waals surface area contributed by atoms with Gasteiger partial charge in [0.25, 0.3) is 5.91 Å². The fraction of sp³-hybridized carbons (Fsp3) is 0.308. The van der Waals surface area contributed by atoms with Crippen molar-refractivity contribution in [1.82, 2.24) is 20.6 Å². The SMILES string of the molecule is CNC(=O)c1cccc(Nc2nccc(N3CCC[C@H](C(=O)NCc4ccc(C)cc4)C3)n2)c1. The second kappa shape index (κ2) is 10.8. The molecule has 3 N–H and O–H groups in total. The van der Waals surface area contributed by atoms with Gasteiger partial charge in [0.15, 0.2) is 0 Å². The van der Waals surface area contributed by atoms with Crippen LogP contribution in [0.1, 0.15) is 34.3 Å². The Morgan fingerprint density at radius 1 is 1.12 bits per heavy atom. The normalized spacial score (nSPS) is 15.5. The lowest BCUT2D eigenvalue weighted by molar-refractivity contribution is -0.125. The van der Waals surface area contributed by atoms with Crippen LogP contribution in [0.25, 0.3) is 0 Å². The molecular weight excluding hydrogens is 428 g/mol. The van der Waals surface area contributed by atoms with Crippen molar-refractivity contribution in [2.45, 2.75) is 26.3 Å². The van der Waals surface area contributed by atoms with Gasteiger partial charge in [0, 0.05) is 44.1 Å². The van der Waals surface area contributed by atoms with Gasteiger partial charge in [-0.15, -0.1) is 0 Å². The predicted octanol–water partition coefficient (Wildman–Crippen LogP) is 3.42. The van der Waals surface area contributed by atoms with Crippen LogP contribution in [0.5, 0.6) is 0 Å². The molecule has 1 atom stereocenters. The van der Waals surface area contributed by atoms with Gasteiger partial charge in [0.2, 0.25) is 11.9 Å². The van der Waals surface area contributed by atoms with Gasteiger partial charge in [-0.3, -0.25) is 9.59 Å². The number of anilines is 3. The minimum atomic E-state index is -0.154. The number of nitrogens with one attached hydrogen (secondary N) is 3. The lowest BCUT2D eigenvalue weighted by Crippen LogP contribution is -2.43. The highest BCUT2D eigenvalue weighted by Crippen LogP contribution is 2.23. The minimum Gasteiger partial charge on any atom is -0.356 e. The van der Waals surface area contributed by atoms with Crippen molar-refractivity contribution in [2.75, 3.05) is 30.4 Å². The number of piperidine rings is 1. The van der Waals surface area contributed by atoms with E-state index in [1.54, 1.807) is 31.4 Å². The molecule has 34 heavy (non-hydrogen) atoms. The molecule has 0 saturated carbocycles. The van der Waals surface area contributed by atoms with Gasteiger partial charge < -0.3 is 20.9 Å². The molecule has 0 spiro atoms. The predicted molar refractivity (Wildman–Crippen MR) is 133 cm³/mol. The van der Waals surface area contributed by atoms with Crippen LogP contribution in [0, 0.1) is 12.8 Å². The van der Waals surface area contributed by atoms with Crippen LogP contribution in [-0.4, -0.2) is 41.9 Å². The molecule has 1 saturated heterocycles. The summed E-state index contributed by atoms with van der Waals surface area (Å²) in [5, 5.41) is 8.87. The minimum absolute atomic E-state index is 0.0729. The number of amides is 2. The van der Waals surface area contributed by atoms with E-state index in [4.69, 9.17) is 0 Å². The van der Waals surface area contributed by atoms with E-state index in [2.05, 4.69) is 49.9 Å². The van der Waals surface area contributed by atoms with Crippen molar-refractivity contribution in [2.24, 2.45) is 5.92 Å². The van der Waals surface area contributed by atoms with Gasteiger partial charge >= 0.3 is 0 Å². The molecule has 0 unspecified atom stereocenters. The van der Waals surface area contributed by atoms with Crippen LogP contribution < -0.4 is 20.9 Å². The summed E-state index contributed by atoms with van der Waals surface area (Å²) in [5.41, 5.74) is 3.58. The monoisotopic (exact) mass is 458 g/mol. The molecule has 1 aromatic heterocycles. The number of hydrogen-bond acceptors (Lipinski definition) is 6. The summed E-state index contributed by atoms with van der Waals surface area (Å²) in [7, 11) is 1.60. The van der Waals surface area contributed by atoms with E-state index in [0.717, 1.165) is 36.5 Å². The van der Waals surface area contributed by atoms with Crippen LogP contribution >= 0.6 is 0 Å².